The molecule has 3 aromatic rings. The Labute approximate surface area is 142 Å². The van der Waals surface area contributed by atoms with E-state index >= 15 is 0 Å². The zero-order chi connectivity index (χ0) is 16.9. The third-order valence-electron chi connectivity index (χ3n) is 3.44. The molecule has 7 heteroatoms. The predicted molar refractivity (Wildman–Crippen MR) is 89.5 cm³/mol. The second-order valence-electron chi connectivity index (χ2n) is 5.11. The highest BCUT2D eigenvalue weighted by Crippen LogP contribution is 2.26. The number of nitrogens with one attached hydrogen (secondary N) is 1. The van der Waals surface area contributed by atoms with Crippen LogP contribution >= 0.6 is 12.0 Å². The van der Waals surface area contributed by atoms with Crippen LogP contribution in [0.25, 0.3) is 11.0 Å². The van der Waals surface area contributed by atoms with Crippen molar-refractivity contribution in [1.29, 1.82) is 0 Å². The lowest BCUT2D eigenvalue weighted by atomic mass is 9.96. The van der Waals surface area contributed by atoms with Crippen molar-refractivity contribution in [2.24, 2.45) is 0 Å². The average molecular weight is 342 g/mol. The van der Waals surface area contributed by atoms with Crippen molar-refractivity contribution < 1.29 is 18.9 Å². The number of carbonyl (C=O) groups excluding carboxylic acids is 1. The number of para-hydroxylation sites is 2. The number of carboxylic acid groups (broad SMARTS) is 1. The molecular weight excluding hydrogens is 328 g/mol. The fourth-order valence-electron chi connectivity index (χ4n) is 2.30. The minimum Gasteiger partial charge on any atom is -0.481 e. The molecule has 0 aliphatic rings. The highest BCUT2D eigenvalue weighted by Gasteiger charge is 2.26. The first-order valence-corrected chi connectivity index (χ1v) is 7.97. The van der Waals surface area contributed by atoms with E-state index in [2.05, 4.69) is 9.97 Å². The number of aromatic nitrogens is 2. The van der Waals surface area contributed by atoms with Gasteiger partial charge in [0.25, 0.3) is 0 Å². The molecule has 1 aromatic heterocycles. The molecule has 1 heterocycles. The van der Waals surface area contributed by atoms with Gasteiger partial charge in [-0.3, -0.25) is 9.59 Å². The Morgan fingerprint density at radius 1 is 1.12 bits per heavy atom. The van der Waals surface area contributed by atoms with Crippen LogP contribution in [0.3, 0.4) is 0 Å². The van der Waals surface area contributed by atoms with Crippen molar-refractivity contribution in [1.82, 2.24) is 9.97 Å². The largest absolute Gasteiger partial charge is 0.481 e. The molecule has 0 amide bonds. The molecule has 1 atom stereocenters. The van der Waals surface area contributed by atoms with Gasteiger partial charge in [-0.2, -0.15) is 0 Å². The number of aliphatic carboxylic acids is 1. The fourth-order valence-corrected chi connectivity index (χ4v) is 2.87. The standard InChI is InChI=1S/C17H14N2O4S/c20-15(21)10-12(11-6-2-1-3-7-11)16(22)23-24-17-18-13-8-4-5-9-14(13)19-17/h1-9,12H,10H2,(H,18,19)(H,20,21). The molecule has 0 saturated carbocycles. The summed E-state index contributed by atoms with van der Waals surface area (Å²) in [6.45, 7) is 0. The summed E-state index contributed by atoms with van der Waals surface area (Å²) in [5, 5.41) is 9.48. The minimum absolute atomic E-state index is 0.330. The van der Waals surface area contributed by atoms with Crippen LogP contribution in [0.2, 0.25) is 0 Å². The van der Waals surface area contributed by atoms with Gasteiger partial charge in [0, 0.05) is 0 Å². The third-order valence-corrected chi connectivity index (χ3v) is 4.03. The van der Waals surface area contributed by atoms with Gasteiger partial charge in [0.2, 0.25) is 5.16 Å². The molecule has 2 N–H and O–H groups in total. The molecule has 122 valence electrons. The molecule has 0 fully saturated rings. The molecule has 0 aliphatic carbocycles. The summed E-state index contributed by atoms with van der Waals surface area (Å²) in [6, 6.07) is 16.2. The van der Waals surface area contributed by atoms with Crippen molar-refractivity contribution in [2.75, 3.05) is 0 Å². The Balaban J connectivity index is 1.72. The van der Waals surface area contributed by atoms with Gasteiger partial charge in [-0.1, -0.05) is 42.5 Å². The normalized spacial score (nSPS) is 12.0. The van der Waals surface area contributed by atoms with E-state index in [1.165, 1.54) is 0 Å². The number of rotatable bonds is 6. The molecule has 3 rings (SSSR count). The van der Waals surface area contributed by atoms with Crippen molar-refractivity contribution in [3.8, 4) is 0 Å². The number of fused-ring (bicyclic) bond motifs is 1. The van der Waals surface area contributed by atoms with Crippen LogP contribution in [-0.2, 0) is 13.8 Å². The van der Waals surface area contributed by atoms with E-state index in [1.807, 2.05) is 24.3 Å². The molecular formula is C17H14N2O4S. The van der Waals surface area contributed by atoms with Gasteiger partial charge in [-0.25, -0.2) is 4.98 Å². The first kappa shape index (κ1) is 16.1. The monoisotopic (exact) mass is 342 g/mol. The first-order chi connectivity index (χ1) is 11.6. The summed E-state index contributed by atoms with van der Waals surface area (Å²) < 4.78 is 5.20. The average Bonchev–Trinajstić information content (AvgIpc) is 3.01. The number of carboxylic acids is 1. The predicted octanol–water partition coefficient (Wildman–Crippen LogP) is 3.37. The Morgan fingerprint density at radius 3 is 2.54 bits per heavy atom. The quantitative estimate of drug-likeness (QED) is 0.667. The Kier molecular flexibility index (Phi) is 4.81. The molecule has 2 aromatic carbocycles. The Morgan fingerprint density at radius 2 is 1.83 bits per heavy atom. The lowest BCUT2D eigenvalue weighted by Gasteiger charge is -2.12. The van der Waals surface area contributed by atoms with Crippen LogP contribution in [0.5, 0.6) is 0 Å². The smallest absolute Gasteiger partial charge is 0.326 e. The second kappa shape index (κ2) is 7.18. The van der Waals surface area contributed by atoms with Crippen molar-refractivity contribution in [3.63, 3.8) is 0 Å². The first-order valence-electron chi connectivity index (χ1n) is 7.23. The van der Waals surface area contributed by atoms with Gasteiger partial charge in [-0.05, 0) is 17.7 Å². The maximum Gasteiger partial charge on any atom is 0.326 e. The Bertz CT molecular complexity index is 830. The number of H-pyrrole nitrogens is 1. The molecule has 0 spiro atoms. The number of imidazole rings is 1. The van der Waals surface area contributed by atoms with Crippen LogP contribution in [0.4, 0.5) is 0 Å². The van der Waals surface area contributed by atoms with Gasteiger partial charge in [0.15, 0.2) is 0 Å². The van der Waals surface area contributed by atoms with E-state index < -0.39 is 17.9 Å². The maximum absolute atomic E-state index is 12.3. The summed E-state index contributed by atoms with van der Waals surface area (Å²) in [4.78, 5) is 30.7. The number of benzene rings is 2. The summed E-state index contributed by atoms with van der Waals surface area (Å²) in [7, 11) is 0. The van der Waals surface area contributed by atoms with Gasteiger partial charge in [-0.15, -0.1) is 0 Å². The van der Waals surface area contributed by atoms with Crippen molar-refractivity contribution >= 4 is 35.0 Å². The maximum atomic E-state index is 12.3. The summed E-state index contributed by atoms with van der Waals surface area (Å²) >= 11 is 0.795. The van der Waals surface area contributed by atoms with E-state index in [-0.39, 0.29) is 6.42 Å². The van der Waals surface area contributed by atoms with Gasteiger partial charge < -0.3 is 14.3 Å². The van der Waals surface area contributed by atoms with E-state index in [0.29, 0.717) is 10.7 Å². The molecule has 1 unspecified atom stereocenters. The number of carbonyl (C=O) groups is 2. The molecule has 0 saturated heterocycles. The second-order valence-corrected chi connectivity index (χ2v) is 5.83. The van der Waals surface area contributed by atoms with Crippen molar-refractivity contribution in [2.45, 2.75) is 17.5 Å². The van der Waals surface area contributed by atoms with Crippen LogP contribution in [0.15, 0.2) is 59.8 Å². The summed E-state index contributed by atoms with van der Waals surface area (Å²) in [5.74, 6) is -2.54. The highest BCUT2D eigenvalue weighted by molar-refractivity contribution is 7.94. The van der Waals surface area contributed by atoms with E-state index in [0.717, 1.165) is 23.1 Å². The Hall–Kier alpha value is -2.80. The van der Waals surface area contributed by atoms with E-state index in [9.17, 15) is 9.59 Å². The minimum atomic E-state index is -1.06. The topological polar surface area (TPSA) is 92.3 Å². The van der Waals surface area contributed by atoms with Gasteiger partial charge in [0.1, 0.15) is 12.0 Å². The zero-order valence-electron chi connectivity index (χ0n) is 12.5. The van der Waals surface area contributed by atoms with Crippen LogP contribution in [0, 0.1) is 0 Å². The number of nitrogens with zero attached hydrogens (tertiary/aromatic N) is 1. The van der Waals surface area contributed by atoms with Gasteiger partial charge in [0.05, 0.1) is 23.4 Å². The van der Waals surface area contributed by atoms with Crippen LogP contribution in [-0.4, -0.2) is 27.0 Å². The zero-order valence-corrected chi connectivity index (χ0v) is 13.3. The summed E-state index contributed by atoms with van der Waals surface area (Å²) in [5.41, 5.74) is 2.21. The number of hydrogen-bond acceptors (Lipinski definition) is 5. The fraction of sp³-hybridized carbons (Fsp3) is 0.118. The lowest BCUT2D eigenvalue weighted by molar-refractivity contribution is -0.143. The SMILES string of the molecule is O=C(O)CC(C(=O)OSc1nc2ccccc2[nH]1)c1ccccc1. The molecule has 6 nitrogen and oxygen atoms in total. The molecule has 24 heavy (non-hydrogen) atoms. The summed E-state index contributed by atoms with van der Waals surface area (Å²) in [6.07, 6.45) is -0.330. The van der Waals surface area contributed by atoms with E-state index in [1.54, 1.807) is 30.3 Å². The highest BCUT2D eigenvalue weighted by atomic mass is 32.2. The van der Waals surface area contributed by atoms with Gasteiger partial charge >= 0.3 is 11.9 Å². The number of hydrogen-bond donors (Lipinski definition) is 2. The molecule has 0 bridgehead atoms. The van der Waals surface area contributed by atoms with Crippen molar-refractivity contribution in [3.05, 3.63) is 60.2 Å². The molecule has 0 radical (unpaired) electrons. The third kappa shape index (κ3) is 3.75. The van der Waals surface area contributed by atoms with E-state index in [4.69, 9.17) is 9.29 Å². The lowest BCUT2D eigenvalue weighted by Crippen LogP contribution is -2.17. The van der Waals surface area contributed by atoms with Crippen LogP contribution < -0.4 is 0 Å². The molecule has 0 aliphatic heterocycles. The number of aromatic amines is 1. The van der Waals surface area contributed by atoms with Crippen LogP contribution in [0.1, 0.15) is 17.9 Å².